The van der Waals surface area contributed by atoms with Gasteiger partial charge in [0.15, 0.2) is 0 Å². The van der Waals surface area contributed by atoms with Crippen molar-refractivity contribution in [2.45, 2.75) is 19.1 Å². The van der Waals surface area contributed by atoms with Crippen LogP contribution < -0.4 is 5.32 Å². The van der Waals surface area contributed by atoms with Gasteiger partial charge in [0, 0.05) is 17.9 Å². The Balaban J connectivity index is 2.07. The third-order valence-corrected chi connectivity index (χ3v) is 2.48. The minimum atomic E-state index is 0.0801. The summed E-state index contributed by atoms with van der Waals surface area (Å²) in [5, 5.41) is 12.5. The van der Waals surface area contributed by atoms with Crippen molar-refractivity contribution in [2.24, 2.45) is 0 Å². The summed E-state index contributed by atoms with van der Waals surface area (Å²) >= 11 is 0. The molecule has 1 aromatic carbocycles. The van der Waals surface area contributed by atoms with Crippen LogP contribution in [0.4, 0.5) is 5.69 Å². The van der Waals surface area contributed by atoms with E-state index in [9.17, 15) is 0 Å². The number of aliphatic hydroxyl groups is 1. The molecule has 14 heavy (non-hydrogen) atoms. The highest BCUT2D eigenvalue weighted by atomic mass is 16.5. The lowest BCUT2D eigenvalue weighted by molar-refractivity contribution is 0.195. The van der Waals surface area contributed by atoms with Gasteiger partial charge < -0.3 is 15.2 Å². The molecule has 0 aromatic heterocycles. The van der Waals surface area contributed by atoms with Crippen LogP contribution in [-0.4, -0.2) is 24.4 Å². The first-order valence-corrected chi connectivity index (χ1v) is 4.93. The molecule has 0 aliphatic carbocycles. The molecule has 1 aliphatic heterocycles. The molecule has 1 fully saturated rings. The van der Waals surface area contributed by atoms with Crippen molar-refractivity contribution in [1.82, 2.24) is 0 Å². The maximum absolute atomic E-state index is 9.12. The van der Waals surface area contributed by atoms with E-state index in [2.05, 4.69) is 5.32 Å². The molecule has 0 bridgehead atoms. The van der Waals surface area contributed by atoms with Gasteiger partial charge in [0.25, 0.3) is 0 Å². The van der Waals surface area contributed by atoms with E-state index in [1.54, 1.807) is 0 Å². The first-order chi connectivity index (χ1) is 6.90. The lowest BCUT2D eigenvalue weighted by Gasteiger charge is -2.14. The second-order valence-electron chi connectivity index (χ2n) is 3.52. The molecular weight excluding hydrogens is 178 g/mol. The largest absolute Gasteiger partial charge is 0.392 e. The van der Waals surface area contributed by atoms with Crippen LogP contribution in [0.2, 0.25) is 0 Å². The van der Waals surface area contributed by atoms with Crippen LogP contribution in [0.5, 0.6) is 0 Å². The van der Waals surface area contributed by atoms with Crippen LogP contribution in [0.25, 0.3) is 0 Å². The SMILES string of the molecule is OCc1ccccc1NC1CCOC1. The van der Waals surface area contributed by atoms with Crippen molar-refractivity contribution in [3.63, 3.8) is 0 Å². The molecule has 1 aromatic rings. The molecule has 2 rings (SSSR count). The topological polar surface area (TPSA) is 41.5 Å². The Labute approximate surface area is 83.7 Å². The molecule has 1 atom stereocenters. The summed E-state index contributed by atoms with van der Waals surface area (Å²) < 4.78 is 5.28. The van der Waals surface area contributed by atoms with Crippen LogP contribution in [0.3, 0.4) is 0 Å². The van der Waals surface area contributed by atoms with E-state index in [1.165, 1.54) is 0 Å². The summed E-state index contributed by atoms with van der Waals surface area (Å²) in [5.74, 6) is 0. The summed E-state index contributed by atoms with van der Waals surface area (Å²) in [7, 11) is 0. The van der Waals surface area contributed by atoms with Gasteiger partial charge in [0.2, 0.25) is 0 Å². The normalized spacial score (nSPS) is 21.1. The van der Waals surface area contributed by atoms with Crippen LogP contribution in [0, 0.1) is 0 Å². The second-order valence-corrected chi connectivity index (χ2v) is 3.52. The molecule has 0 spiro atoms. The fourth-order valence-corrected chi connectivity index (χ4v) is 1.67. The lowest BCUT2D eigenvalue weighted by atomic mass is 10.1. The van der Waals surface area contributed by atoms with Crippen molar-refractivity contribution in [1.29, 1.82) is 0 Å². The first kappa shape index (κ1) is 9.49. The van der Waals surface area contributed by atoms with E-state index in [-0.39, 0.29) is 6.61 Å². The molecule has 3 heteroatoms. The fraction of sp³-hybridized carbons (Fsp3) is 0.455. The number of hydrogen-bond donors (Lipinski definition) is 2. The summed E-state index contributed by atoms with van der Waals surface area (Å²) in [5.41, 5.74) is 1.96. The molecule has 1 unspecified atom stereocenters. The summed E-state index contributed by atoms with van der Waals surface area (Å²) in [6, 6.07) is 8.21. The third-order valence-electron chi connectivity index (χ3n) is 2.48. The Hall–Kier alpha value is -1.06. The van der Waals surface area contributed by atoms with Gasteiger partial charge >= 0.3 is 0 Å². The summed E-state index contributed by atoms with van der Waals surface area (Å²) in [6.07, 6.45) is 1.04. The van der Waals surface area contributed by atoms with Crippen molar-refractivity contribution in [2.75, 3.05) is 18.5 Å². The number of aliphatic hydroxyl groups excluding tert-OH is 1. The van der Waals surface area contributed by atoms with E-state index in [4.69, 9.17) is 9.84 Å². The zero-order chi connectivity index (χ0) is 9.80. The third kappa shape index (κ3) is 2.05. The number of hydrogen-bond acceptors (Lipinski definition) is 3. The number of rotatable bonds is 3. The number of benzene rings is 1. The molecule has 0 amide bonds. The molecular formula is C11H15NO2. The molecule has 0 saturated carbocycles. The van der Waals surface area contributed by atoms with Gasteiger partial charge in [-0.25, -0.2) is 0 Å². The highest BCUT2D eigenvalue weighted by molar-refractivity contribution is 5.51. The Kier molecular flexibility index (Phi) is 3.01. The van der Waals surface area contributed by atoms with Gasteiger partial charge in [-0.1, -0.05) is 18.2 Å². The molecule has 1 aliphatic rings. The average Bonchev–Trinajstić information content (AvgIpc) is 2.71. The zero-order valence-corrected chi connectivity index (χ0v) is 8.07. The molecule has 1 heterocycles. The number of ether oxygens (including phenoxy) is 1. The van der Waals surface area contributed by atoms with Crippen LogP contribution in [-0.2, 0) is 11.3 Å². The maximum Gasteiger partial charge on any atom is 0.0701 e. The van der Waals surface area contributed by atoms with E-state index < -0.39 is 0 Å². The van der Waals surface area contributed by atoms with E-state index in [0.717, 1.165) is 30.9 Å². The van der Waals surface area contributed by atoms with Crippen molar-refractivity contribution >= 4 is 5.69 Å². The van der Waals surface area contributed by atoms with Crippen LogP contribution in [0.1, 0.15) is 12.0 Å². The Morgan fingerprint density at radius 3 is 3.00 bits per heavy atom. The molecule has 2 N–H and O–H groups in total. The molecule has 1 saturated heterocycles. The minimum Gasteiger partial charge on any atom is -0.392 e. The molecule has 76 valence electrons. The standard InChI is InChI=1S/C11H15NO2/c13-7-9-3-1-2-4-11(9)12-10-5-6-14-8-10/h1-4,10,12-13H,5-8H2. The van der Waals surface area contributed by atoms with Crippen molar-refractivity contribution < 1.29 is 9.84 Å². The highest BCUT2D eigenvalue weighted by Gasteiger charge is 2.15. The fourth-order valence-electron chi connectivity index (χ4n) is 1.67. The van der Waals surface area contributed by atoms with Gasteiger partial charge in [-0.3, -0.25) is 0 Å². The van der Waals surface area contributed by atoms with Gasteiger partial charge in [-0.05, 0) is 12.5 Å². The zero-order valence-electron chi connectivity index (χ0n) is 8.07. The average molecular weight is 193 g/mol. The smallest absolute Gasteiger partial charge is 0.0701 e. The van der Waals surface area contributed by atoms with Gasteiger partial charge in [0.05, 0.1) is 19.3 Å². The molecule has 0 radical (unpaired) electrons. The predicted octanol–water partition coefficient (Wildman–Crippen LogP) is 1.38. The monoisotopic (exact) mass is 193 g/mol. The molecule has 3 nitrogen and oxygen atoms in total. The van der Waals surface area contributed by atoms with E-state index >= 15 is 0 Å². The van der Waals surface area contributed by atoms with Gasteiger partial charge in [0.1, 0.15) is 0 Å². The number of para-hydroxylation sites is 1. The number of nitrogens with one attached hydrogen (secondary N) is 1. The first-order valence-electron chi connectivity index (χ1n) is 4.93. The quantitative estimate of drug-likeness (QED) is 0.762. The highest BCUT2D eigenvalue weighted by Crippen LogP contribution is 2.18. The van der Waals surface area contributed by atoms with E-state index in [0.29, 0.717) is 6.04 Å². The van der Waals surface area contributed by atoms with Crippen molar-refractivity contribution in [3.05, 3.63) is 29.8 Å². The maximum atomic E-state index is 9.12. The predicted molar refractivity (Wildman–Crippen MR) is 55.2 cm³/mol. The Morgan fingerprint density at radius 2 is 2.29 bits per heavy atom. The van der Waals surface area contributed by atoms with Crippen molar-refractivity contribution in [3.8, 4) is 0 Å². The van der Waals surface area contributed by atoms with Crippen LogP contribution >= 0.6 is 0 Å². The van der Waals surface area contributed by atoms with Gasteiger partial charge in [-0.2, -0.15) is 0 Å². The van der Waals surface area contributed by atoms with Gasteiger partial charge in [-0.15, -0.1) is 0 Å². The number of anilines is 1. The summed E-state index contributed by atoms with van der Waals surface area (Å²) in [6.45, 7) is 1.68. The summed E-state index contributed by atoms with van der Waals surface area (Å²) in [4.78, 5) is 0. The van der Waals surface area contributed by atoms with E-state index in [1.807, 2.05) is 24.3 Å². The Morgan fingerprint density at radius 1 is 1.43 bits per heavy atom. The van der Waals surface area contributed by atoms with Crippen LogP contribution in [0.15, 0.2) is 24.3 Å². The second kappa shape index (κ2) is 4.44. The Bertz CT molecular complexity index is 295. The lowest BCUT2D eigenvalue weighted by Crippen LogP contribution is -2.19. The minimum absolute atomic E-state index is 0.0801.